The van der Waals surface area contributed by atoms with Crippen molar-refractivity contribution < 1.29 is 19.4 Å². The molecule has 1 N–H and O–H groups in total. The van der Waals surface area contributed by atoms with E-state index in [4.69, 9.17) is 4.74 Å². The smallest absolute Gasteiger partial charge is 0.329 e. The van der Waals surface area contributed by atoms with Crippen LogP contribution in [0.1, 0.15) is 23.2 Å². The first-order valence-corrected chi connectivity index (χ1v) is 6.28. The van der Waals surface area contributed by atoms with Crippen LogP contribution in [0.15, 0.2) is 24.3 Å². The number of methoxy groups -OCH3 is 1. The number of aliphatic carboxylic acids is 1. The van der Waals surface area contributed by atoms with E-state index in [9.17, 15) is 14.7 Å². The number of hydrogen-bond acceptors (Lipinski definition) is 4. The first-order valence-electron chi connectivity index (χ1n) is 6.28. The molecule has 1 heterocycles. The number of nitrogens with zero attached hydrogens (tertiary/aromatic N) is 1. The lowest BCUT2D eigenvalue weighted by Crippen LogP contribution is -2.45. The van der Waals surface area contributed by atoms with Crippen molar-refractivity contribution in [3.8, 4) is 5.75 Å². The molecule has 1 saturated heterocycles. The zero-order valence-corrected chi connectivity index (χ0v) is 10.8. The zero-order valence-electron chi connectivity index (χ0n) is 10.8. The molecular weight excluding hydrogens is 246 g/mol. The summed E-state index contributed by atoms with van der Waals surface area (Å²) in [6.45, 7) is 1.33. The largest absolute Gasteiger partial charge is 0.497 e. The third-order valence-corrected chi connectivity index (χ3v) is 3.36. The quantitative estimate of drug-likeness (QED) is 0.643. The molecule has 0 aliphatic carbocycles. The number of carboxylic acids is 1. The Bertz CT molecular complexity index is 463. The maximum Gasteiger partial charge on any atom is 0.329 e. The molecule has 1 aromatic carbocycles. The fourth-order valence-corrected chi connectivity index (χ4v) is 2.35. The molecule has 1 unspecified atom stereocenters. The van der Waals surface area contributed by atoms with E-state index in [2.05, 4.69) is 0 Å². The molecule has 1 atom stereocenters. The second-order valence-corrected chi connectivity index (χ2v) is 4.58. The van der Waals surface area contributed by atoms with Crippen LogP contribution < -0.4 is 4.74 Å². The Balaban J connectivity index is 2.20. The molecule has 0 amide bonds. The van der Waals surface area contributed by atoms with Gasteiger partial charge in [-0.05, 0) is 50.2 Å². The number of ketones is 1. The number of hydrogen-bond donors (Lipinski definition) is 1. The molecular formula is C14H17NO4. The normalized spacial score (nSPS) is 17.1. The van der Waals surface area contributed by atoms with Crippen molar-refractivity contribution in [2.45, 2.75) is 18.9 Å². The number of rotatable bonds is 5. The maximum absolute atomic E-state index is 12.3. The van der Waals surface area contributed by atoms with Gasteiger partial charge in [-0.15, -0.1) is 0 Å². The van der Waals surface area contributed by atoms with E-state index in [0.717, 1.165) is 12.8 Å². The molecule has 1 fully saturated rings. The van der Waals surface area contributed by atoms with Crippen molar-refractivity contribution in [3.63, 3.8) is 0 Å². The summed E-state index contributed by atoms with van der Waals surface area (Å²) in [7, 11) is 1.54. The van der Waals surface area contributed by atoms with Crippen LogP contribution in [0.5, 0.6) is 5.75 Å². The Morgan fingerprint density at radius 1 is 1.21 bits per heavy atom. The van der Waals surface area contributed by atoms with Gasteiger partial charge in [0.05, 0.1) is 7.11 Å². The third kappa shape index (κ3) is 2.93. The average Bonchev–Trinajstić information content (AvgIpc) is 2.92. The van der Waals surface area contributed by atoms with Gasteiger partial charge in [0.15, 0.2) is 11.8 Å². The molecule has 2 rings (SSSR count). The summed E-state index contributed by atoms with van der Waals surface area (Å²) in [5, 5.41) is 9.28. The summed E-state index contributed by atoms with van der Waals surface area (Å²) < 4.78 is 5.02. The molecule has 0 radical (unpaired) electrons. The number of carbonyl (C=O) groups excluding carboxylic acids is 1. The second kappa shape index (κ2) is 5.84. The molecule has 0 spiro atoms. The van der Waals surface area contributed by atoms with Gasteiger partial charge in [-0.25, -0.2) is 0 Å². The lowest BCUT2D eigenvalue weighted by molar-refractivity contribution is -0.140. The van der Waals surface area contributed by atoms with Crippen molar-refractivity contribution in [2.24, 2.45) is 0 Å². The average molecular weight is 263 g/mol. The lowest BCUT2D eigenvalue weighted by Gasteiger charge is -2.22. The highest BCUT2D eigenvalue weighted by atomic mass is 16.5. The fraction of sp³-hybridized carbons (Fsp3) is 0.429. The highest BCUT2D eigenvalue weighted by Gasteiger charge is 2.34. The van der Waals surface area contributed by atoms with E-state index >= 15 is 0 Å². The number of ether oxygens (including phenoxy) is 1. The van der Waals surface area contributed by atoms with Gasteiger partial charge in [-0.1, -0.05) is 0 Å². The van der Waals surface area contributed by atoms with Crippen LogP contribution in [0, 0.1) is 0 Å². The van der Waals surface area contributed by atoms with Crippen LogP contribution in [0.3, 0.4) is 0 Å². The maximum atomic E-state index is 12.3. The van der Waals surface area contributed by atoms with Gasteiger partial charge < -0.3 is 9.84 Å². The number of likely N-dealkylation sites (tertiary alicyclic amines) is 1. The monoisotopic (exact) mass is 263 g/mol. The second-order valence-electron chi connectivity index (χ2n) is 4.58. The predicted octanol–water partition coefficient (Wildman–Crippen LogP) is 1.43. The third-order valence-electron chi connectivity index (χ3n) is 3.36. The number of carbonyl (C=O) groups is 2. The highest BCUT2D eigenvalue weighted by Crippen LogP contribution is 2.18. The standard InChI is InChI=1S/C14H17NO4/c1-19-11-6-4-10(5-7-11)13(16)12(14(17)18)15-8-2-3-9-15/h4-7,12H,2-3,8-9H2,1H3,(H,17,18). The predicted molar refractivity (Wildman–Crippen MR) is 69.6 cm³/mol. The molecule has 5 heteroatoms. The van der Waals surface area contributed by atoms with Gasteiger partial charge >= 0.3 is 5.97 Å². The summed E-state index contributed by atoms with van der Waals surface area (Å²) in [6.07, 6.45) is 1.89. The topological polar surface area (TPSA) is 66.8 Å². The SMILES string of the molecule is COc1ccc(C(=O)C(C(=O)O)N2CCCC2)cc1. The minimum Gasteiger partial charge on any atom is -0.497 e. The first kappa shape index (κ1) is 13.5. The summed E-state index contributed by atoms with van der Waals surface area (Å²) in [5.74, 6) is -0.802. The van der Waals surface area contributed by atoms with Gasteiger partial charge in [0.2, 0.25) is 0 Å². The molecule has 102 valence electrons. The number of Topliss-reactive ketones (excluding diaryl/α,β-unsaturated/α-hetero) is 1. The van der Waals surface area contributed by atoms with Crippen LogP contribution >= 0.6 is 0 Å². The molecule has 1 aliphatic rings. The fourth-order valence-electron chi connectivity index (χ4n) is 2.35. The minimum absolute atomic E-state index is 0.364. The molecule has 0 bridgehead atoms. The minimum atomic E-state index is -1.08. The number of carboxylic acid groups (broad SMARTS) is 1. The van der Waals surface area contributed by atoms with Gasteiger partial charge in [0.25, 0.3) is 0 Å². The van der Waals surface area contributed by atoms with Gasteiger partial charge in [0, 0.05) is 5.56 Å². The highest BCUT2D eigenvalue weighted by molar-refractivity contribution is 6.11. The zero-order chi connectivity index (χ0) is 13.8. The van der Waals surface area contributed by atoms with Gasteiger partial charge in [-0.3, -0.25) is 14.5 Å². The van der Waals surface area contributed by atoms with Crippen LogP contribution in [-0.4, -0.2) is 48.0 Å². The van der Waals surface area contributed by atoms with Crippen molar-refractivity contribution in [2.75, 3.05) is 20.2 Å². The Morgan fingerprint density at radius 2 is 1.79 bits per heavy atom. The molecule has 1 aliphatic heterocycles. The molecule has 19 heavy (non-hydrogen) atoms. The van der Waals surface area contributed by atoms with Crippen molar-refractivity contribution in [1.29, 1.82) is 0 Å². The van der Waals surface area contributed by atoms with E-state index in [1.807, 2.05) is 0 Å². The summed E-state index contributed by atoms with van der Waals surface area (Å²) >= 11 is 0. The summed E-state index contributed by atoms with van der Waals surface area (Å²) in [6, 6.07) is 5.46. The molecule has 0 saturated carbocycles. The molecule has 5 nitrogen and oxygen atoms in total. The van der Waals surface area contributed by atoms with Crippen LogP contribution in [0.2, 0.25) is 0 Å². The van der Waals surface area contributed by atoms with E-state index in [-0.39, 0.29) is 5.78 Å². The Labute approximate surface area is 111 Å². The van der Waals surface area contributed by atoms with Crippen LogP contribution in [-0.2, 0) is 4.79 Å². The van der Waals surface area contributed by atoms with Crippen molar-refractivity contribution in [3.05, 3.63) is 29.8 Å². The Kier molecular flexibility index (Phi) is 4.16. The molecule has 1 aromatic rings. The van der Waals surface area contributed by atoms with Gasteiger partial charge in [-0.2, -0.15) is 0 Å². The van der Waals surface area contributed by atoms with Crippen LogP contribution in [0.4, 0.5) is 0 Å². The van der Waals surface area contributed by atoms with E-state index in [1.165, 1.54) is 0 Å². The summed E-state index contributed by atoms with van der Waals surface area (Å²) in [5.41, 5.74) is 0.403. The number of benzene rings is 1. The first-order chi connectivity index (χ1) is 9.13. The van der Waals surface area contributed by atoms with Crippen molar-refractivity contribution >= 4 is 11.8 Å². The van der Waals surface area contributed by atoms with Crippen molar-refractivity contribution in [1.82, 2.24) is 4.90 Å². The van der Waals surface area contributed by atoms with Crippen LogP contribution in [0.25, 0.3) is 0 Å². The van der Waals surface area contributed by atoms with E-state index < -0.39 is 12.0 Å². The Morgan fingerprint density at radius 3 is 2.26 bits per heavy atom. The summed E-state index contributed by atoms with van der Waals surface area (Å²) in [4.78, 5) is 25.4. The lowest BCUT2D eigenvalue weighted by atomic mass is 10.0. The van der Waals surface area contributed by atoms with E-state index in [1.54, 1.807) is 36.3 Å². The molecule has 0 aromatic heterocycles. The Hall–Kier alpha value is -1.88. The van der Waals surface area contributed by atoms with Gasteiger partial charge in [0.1, 0.15) is 5.75 Å². The van der Waals surface area contributed by atoms with E-state index in [0.29, 0.717) is 24.4 Å².